The Morgan fingerprint density at radius 1 is 0.303 bits per heavy atom. The van der Waals surface area contributed by atoms with Crippen LogP contribution in [0.4, 0.5) is 0 Å². The number of ether oxygens (including phenoxy) is 2. The zero-order valence-electron chi connectivity index (χ0n) is 62.6. The first-order valence-electron chi connectivity index (χ1n) is 39.2. The summed E-state index contributed by atoms with van der Waals surface area (Å²) in [6.45, 7) is 3.48. The number of rotatable bonds is 71. The maximum atomic E-state index is 12.8. The summed E-state index contributed by atoms with van der Waals surface area (Å²) < 4.78 is 33.2. The van der Waals surface area contributed by atoms with Gasteiger partial charge in [-0.2, -0.15) is 0 Å². The average Bonchev–Trinajstić information content (AvgIpc) is 1.19. The lowest BCUT2D eigenvalue weighted by Crippen LogP contribution is -2.29. The number of hydrogen-bond acceptors (Lipinski definition) is 8. The van der Waals surface area contributed by atoms with Crippen molar-refractivity contribution in [1.82, 2.24) is 0 Å². The van der Waals surface area contributed by atoms with E-state index in [0.29, 0.717) is 6.42 Å². The Labute approximate surface area is 607 Å². The number of carbonyl (C=O) groups is 2. The lowest BCUT2D eigenvalue weighted by Gasteiger charge is -2.19. The lowest BCUT2D eigenvalue weighted by atomic mass is 10.0. The maximum Gasteiger partial charge on any atom is 0.472 e. The van der Waals surface area contributed by atoms with Crippen LogP contribution in [0.15, 0.2) is 219 Å². The van der Waals surface area contributed by atoms with Crippen LogP contribution in [0.2, 0.25) is 0 Å². The summed E-state index contributed by atoms with van der Waals surface area (Å²) in [7, 11) is -4.42. The minimum absolute atomic E-state index is 0.0393. The van der Waals surface area contributed by atoms with Gasteiger partial charge < -0.3 is 20.1 Å². The fourth-order valence-corrected chi connectivity index (χ4v) is 10.9. The van der Waals surface area contributed by atoms with Crippen LogP contribution in [0.5, 0.6) is 0 Å². The van der Waals surface area contributed by atoms with Gasteiger partial charge in [0.05, 0.1) is 13.2 Å². The first-order chi connectivity index (χ1) is 48.8. The summed E-state index contributed by atoms with van der Waals surface area (Å²) in [5, 5.41) is 0. The first-order valence-corrected chi connectivity index (χ1v) is 40.7. The van der Waals surface area contributed by atoms with Gasteiger partial charge in [0.25, 0.3) is 0 Å². The molecule has 0 saturated carbocycles. The van der Waals surface area contributed by atoms with Crippen molar-refractivity contribution in [2.75, 3.05) is 26.4 Å². The van der Waals surface area contributed by atoms with Gasteiger partial charge in [-0.25, -0.2) is 4.57 Å². The Balaban J connectivity index is 3.97. The molecule has 9 nitrogen and oxygen atoms in total. The van der Waals surface area contributed by atoms with Crippen molar-refractivity contribution >= 4 is 19.8 Å². The third kappa shape index (κ3) is 81.2. The van der Waals surface area contributed by atoms with Gasteiger partial charge in [0.15, 0.2) is 6.10 Å². The smallest absolute Gasteiger partial charge is 0.462 e. The van der Waals surface area contributed by atoms with Gasteiger partial charge >= 0.3 is 19.8 Å². The van der Waals surface area contributed by atoms with Crippen LogP contribution < -0.4 is 5.73 Å². The Morgan fingerprint density at radius 2 is 0.525 bits per heavy atom. The molecule has 10 heteroatoms. The third-order valence-electron chi connectivity index (χ3n) is 15.9. The molecule has 2 atom stereocenters. The van der Waals surface area contributed by atoms with Crippen LogP contribution in [0.1, 0.15) is 296 Å². The minimum atomic E-state index is -4.42. The van der Waals surface area contributed by atoms with Gasteiger partial charge in [-0.1, -0.05) is 348 Å². The zero-order chi connectivity index (χ0) is 71.5. The summed E-state index contributed by atoms with van der Waals surface area (Å²) in [5.74, 6) is -0.864. The van der Waals surface area contributed by atoms with Crippen molar-refractivity contribution in [3.05, 3.63) is 219 Å². The molecule has 3 N–H and O–H groups in total. The number of nitrogens with two attached hydrogens (primary N) is 1. The highest BCUT2D eigenvalue weighted by Gasteiger charge is 2.26. The van der Waals surface area contributed by atoms with E-state index in [1.54, 1.807) is 0 Å². The second-order valence-electron chi connectivity index (χ2n) is 25.1. The van der Waals surface area contributed by atoms with Crippen molar-refractivity contribution in [2.45, 2.75) is 302 Å². The number of allylic oxidation sites excluding steroid dienone is 36. The van der Waals surface area contributed by atoms with E-state index in [1.807, 2.05) is 0 Å². The van der Waals surface area contributed by atoms with Gasteiger partial charge in [0, 0.05) is 19.4 Å². The predicted molar refractivity (Wildman–Crippen MR) is 431 cm³/mol. The van der Waals surface area contributed by atoms with Crippen LogP contribution in [0.3, 0.4) is 0 Å². The first kappa shape index (κ1) is 93.3. The molecule has 0 heterocycles. The number of phosphoric acid groups is 1. The number of phosphoric ester groups is 1. The van der Waals surface area contributed by atoms with Crippen LogP contribution in [0.25, 0.3) is 0 Å². The zero-order valence-corrected chi connectivity index (χ0v) is 63.5. The quantitative estimate of drug-likeness (QED) is 0.0264. The van der Waals surface area contributed by atoms with E-state index in [2.05, 4.69) is 233 Å². The maximum absolute atomic E-state index is 12.8. The van der Waals surface area contributed by atoms with Gasteiger partial charge in [0.2, 0.25) is 0 Å². The molecule has 0 fully saturated rings. The van der Waals surface area contributed by atoms with Crippen LogP contribution in [-0.2, 0) is 32.7 Å². The second-order valence-corrected chi connectivity index (χ2v) is 26.6. The normalized spacial score (nSPS) is 14.1. The molecule has 0 aromatic heterocycles. The Kier molecular flexibility index (Phi) is 76.6. The molecule has 99 heavy (non-hydrogen) atoms. The summed E-state index contributed by atoms with van der Waals surface area (Å²) in [6.07, 6.45) is 126. The molecule has 2 unspecified atom stereocenters. The highest BCUT2D eigenvalue weighted by Crippen LogP contribution is 2.43. The Morgan fingerprint density at radius 3 is 0.778 bits per heavy atom. The fourth-order valence-electron chi connectivity index (χ4n) is 10.2. The molecule has 0 amide bonds. The van der Waals surface area contributed by atoms with Crippen molar-refractivity contribution in [3.8, 4) is 0 Å². The van der Waals surface area contributed by atoms with E-state index in [-0.39, 0.29) is 32.6 Å². The van der Waals surface area contributed by atoms with Crippen molar-refractivity contribution < 1.29 is 37.6 Å². The predicted octanol–water partition coefficient (Wildman–Crippen LogP) is 26.7. The molecule has 0 rings (SSSR count). The number of hydrogen-bond donors (Lipinski definition) is 2. The minimum Gasteiger partial charge on any atom is -0.462 e. The van der Waals surface area contributed by atoms with E-state index in [9.17, 15) is 19.0 Å². The molecule has 0 aliphatic rings. The number of unbranched alkanes of at least 4 members (excludes halogenated alkanes) is 22. The van der Waals surface area contributed by atoms with Crippen molar-refractivity contribution in [3.63, 3.8) is 0 Å². The largest absolute Gasteiger partial charge is 0.472 e. The van der Waals surface area contributed by atoms with Gasteiger partial charge in [-0.05, 0) is 154 Å². The second kappa shape index (κ2) is 81.3. The van der Waals surface area contributed by atoms with Crippen molar-refractivity contribution in [2.24, 2.45) is 5.73 Å². The van der Waals surface area contributed by atoms with Crippen molar-refractivity contribution in [1.29, 1.82) is 0 Å². The van der Waals surface area contributed by atoms with E-state index in [1.165, 1.54) is 103 Å². The SMILES string of the molecule is CC/C=C\C/C=C\C/C=C\C/C=C\C/C=C\C/C=C\C/C=C\C/C=C\C/C=C\C/C=C\C/C=C\C/C=C\CCCCCCC(=O)OC(COC(=O)CCCCCCCCCCCCCCCCCCCC/C=C\C/C=C\C/C=C\C/C=C\C/C=C\C/C=C\CC)COP(=O)(O)OCCN. The van der Waals surface area contributed by atoms with Gasteiger partial charge in [-0.3, -0.25) is 18.6 Å². The number of carbonyl (C=O) groups excluding carboxylic acids is 2. The van der Waals surface area contributed by atoms with Gasteiger partial charge in [-0.15, -0.1) is 0 Å². The third-order valence-corrected chi connectivity index (χ3v) is 16.8. The Hall–Kier alpha value is -5.67. The van der Waals surface area contributed by atoms with E-state index < -0.39 is 32.5 Å². The molecule has 0 saturated heterocycles. The average molecular weight is 1390 g/mol. The van der Waals surface area contributed by atoms with Crippen LogP contribution in [-0.4, -0.2) is 49.3 Å². The van der Waals surface area contributed by atoms with Crippen LogP contribution >= 0.6 is 7.82 Å². The van der Waals surface area contributed by atoms with Crippen LogP contribution in [0, 0.1) is 0 Å². The van der Waals surface area contributed by atoms with Gasteiger partial charge in [0.1, 0.15) is 6.61 Å². The highest BCUT2D eigenvalue weighted by atomic mass is 31.2. The van der Waals surface area contributed by atoms with E-state index >= 15 is 0 Å². The monoisotopic (exact) mass is 1380 g/mol. The molecule has 0 spiro atoms. The summed E-state index contributed by atoms with van der Waals surface area (Å²) >= 11 is 0. The molecule has 0 aliphatic heterocycles. The topological polar surface area (TPSA) is 134 Å². The molecule has 0 aliphatic carbocycles. The molecule has 556 valence electrons. The number of esters is 2. The van der Waals surface area contributed by atoms with E-state index in [4.69, 9.17) is 24.3 Å². The summed E-state index contributed by atoms with van der Waals surface area (Å²) in [5.41, 5.74) is 5.41. The fraction of sp³-hybridized carbons (Fsp3) is 0.573. The molecule has 0 bridgehead atoms. The molecule has 0 radical (unpaired) electrons. The molecular formula is C89H142NO8P. The standard InChI is InChI=1S/C89H142NO8P/c1-3-5-7-9-11-13-15-17-19-21-23-25-27-29-31-33-35-37-39-41-42-43-44-46-48-50-52-54-56-58-60-62-64-66-68-70-72-74-76-78-80-82-89(92)98-87(86-97-99(93,94)96-84-83-90)85-95-88(91)81-79-77-75-73-71-69-67-65-63-61-59-57-55-53-51-49-47-45-40-38-36-34-32-30-28-26-24-22-20-18-16-14-12-10-8-6-4-2/h5-8,11-14,17-20,23-26,29-32,35-38,41-42,44,46,50,52,56,58,62,64,68,70,87H,3-4,9-10,15-16,21-22,27-28,33-34,39-40,43,45,47-49,51,53-55,57,59-61,63,65-67,69,71-86,90H2,1-2H3,(H,93,94)/b7-5-,8-6-,13-11-,14-12-,19-17-,20-18-,25-23-,26-24-,31-29-,32-30-,37-35-,38-36-,42-41-,46-44-,52-50-,58-56-,64-62-,70-68-. The molecular weight excluding hydrogens is 1240 g/mol. The Bertz CT molecular complexity index is 2440. The highest BCUT2D eigenvalue weighted by molar-refractivity contribution is 7.47. The molecule has 0 aromatic rings. The summed E-state index contributed by atoms with van der Waals surface area (Å²) in [6, 6.07) is 0. The molecule has 0 aromatic carbocycles. The summed E-state index contributed by atoms with van der Waals surface area (Å²) in [4.78, 5) is 35.4. The lowest BCUT2D eigenvalue weighted by molar-refractivity contribution is -0.161. The van der Waals surface area contributed by atoms with E-state index in [0.717, 1.165) is 161 Å².